The Morgan fingerprint density at radius 2 is 1.41 bits per heavy atom. The second-order valence-corrected chi connectivity index (χ2v) is 7.83. The lowest BCUT2D eigenvalue weighted by Gasteiger charge is -2.38. The fourth-order valence-electron chi connectivity index (χ4n) is 3.14. The smallest absolute Gasteiger partial charge is 0.0595 e. The molecule has 1 aromatic carbocycles. The lowest BCUT2D eigenvalue weighted by molar-refractivity contribution is 0.0713. The van der Waals surface area contributed by atoms with Crippen LogP contribution in [0.25, 0.3) is 5.57 Å². The lowest BCUT2D eigenvalue weighted by Crippen LogP contribution is -2.49. The molecule has 0 atom stereocenters. The van der Waals surface area contributed by atoms with E-state index >= 15 is 0 Å². The van der Waals surface area contributed by atoms with Crippen LogP contribution >= 0.6 is 0 Å². The fraction of sp³-hybridized carbons (Fsp3) is 0.579. The van der Waals surface area contributed by atoms with Crippen molar-refractivity contribution in [2.45, 2.75) is 46.8 Å². The van der Waals surface area contributed by atoms with Gasteiger partial charge in [-0.25, -0.2) is 0 Å². The molecule has 0 saturated carbocycles. The maximum Gasteiger partial charge on any atom is 0.0595 e. The number of rotatable bonds is 10. The monoisotopic (exact) mass is 318 g/mol. The number of benzene rings is 1. The van der Waals surface area contributed by atoms with Crippen LogP contribution in [0.15, 0.2) is 30.8 Å². The molecule has 2 nitrogen and oxygen atoms in total. The molecule has 0 unspecified atom stereocenters. The van der Waals surface area contributed by atoms with E-state index in [1.165, 1.54) is 11.6 Å². The first kappa shape index (κ1) is 19.1. The first-order valence-electron chi connectivity index (χ1n) is 8.80. The van der Waals surface area contributed by atoms with Crippen LogP contribution in [0.4, 0.5) is 0 Å². The summed E-state index contributed by atoms with van der Waals surface area (Å²) < 4.78 is 0. The van der Waals surface area contributed by atoms with E-state index < -0.39 is 0 Å². The molecule has 1 aromatic rings. The molecular weight excluding hydrogens is 284 g/mol. The first-order valence-corrected chi connectivity index (χ1v) is 10.5. The van der Waals surface area contributed by atoms with Crippen molar-refractivity contribution in [1.29, 1.82) is 0 Å². The highest BCUT2D eigenvalue weighted by Gasteiger charge is 2.20. The predicted molar refractivity (Wildman–Crippen MR) is 104 cm³/mol. The summed E-state index contributed by atoms with van der Waals surface area (Å²) in [5.74, 6) is 0. The topological polar surface area (TPSA) is 6.48 Å². The molecule has 0 fully saturated rings. The van der Waals surface area contributed by atoms with Gasteiger partial charge in [0, 0.05) is 0 Å². The van der Waals surface area contributed by atoms with Crippen LogP contribution in [0.1, 0.15) is 40.2 Å². The van der Waals surface area contributed by atoms with Crippen molar-refractivity contribution >= 4 is 20.3 Å². The highest BCUT2D eigenvalue weighted by molar-refractivity contribution is 6.53. The Morgan fingerprint density at radius 3 is 1.77 bits per heavy atom. The molecule has 22 heavy (non-hydrogen) atoms. The second kappa shape index (κ2) is 9.98. The maximum atomic E-state index is 4.02. The van der Waals surface area contributed by atoms with Crippen LogP contribution in [0.2, 0.25) is 6.04 Å². The molecule has 3 heteroatoms. The van der Waals surface area contributed by atoms with Crippen molar-refractivity contribution in [2.75, 3.05) is 26.2 Å². The Morgan fingerprint density at radius 1 is 0.955 bits per heavy atom. The average molecular weight is 319 g/mol. The highest BCUT2D eigenvalue weighted by atomic mass is 28.2. The van der Waals surface area contributed by atoms with Crippen LogP contribution in [0.5, 0.6) is 0 Å². The van der Waals surface area contributed by atoms with Crippen molar-refractivity contribution < 1.29 is 0 Å². The summed E-state index contributed by atoms with van der Waals surface area (Å²) in [5.41, 5.74) is 2.42. The van der Waals surface area contributed by atoms with E-state index in [-0.39, 0.29) is 9.52 Å². The quantitative estimate of drug-likeness (QED) is 0.483. The minimum Gasteiger partial charge on any atom is -0.289 e. The van der Waals surface area contributed by atoms with Gasteiger partial charge in [-0.2, -0.15) is 0 Å². The molecule has 0 aliphatic carbocycles. The Kier molecular flexibility index (Phi) is 8.69. The van der Waals surface area contributed by atoms with E-state index in [4.69, 9.17) is 0 Å². The van der Waals surface area contributed by atoms with Gasteiger partial charge in [-0.05, 0) is 44.7 Å². The molecule has 0 spiro atoms. The number of hydrogen-bond donors (Lipinski definition) is 0. The van der Waals surface area contributed by atoms with Crippen molar-refractivity contribution in [3.8, 4) is 0 Å². The summed E-state index contributed by atoms with van der Waals surface area (Å²) in [4.78, 5) is 5.23. The molecule has 0 saturated heterocycles. The minimum atomic E-state index is -0.235. The maximum absolute atomic E-state index is 4.02. The van der Waals surface area contributed by atoms with Crippen LogP contribution in [0.3, 0.4) is 0 Å². The minimum absolute atomic E-state index is 0.235. The summed E-state index contributed by atoms with van der Waals surface area (Å²) in [6.07, 6.45) is 0.609. The predicted octanol–water partition coefficient (Wildman–Crippen LogP) is 2.94. The Bertz CT molecular complexity index is 421. The van der Waals surface area contributed by atoms with Gasteiger partial charge in [0.1, 0.15) is 0 Å². The SMILES string of the molecule is C=C(C)c1ccc([SiH2]CC(N(CC)CC)N(CC)CC)cc1. The molecule has 0 heterocycles. The average Bonchev–Trinajstić information content (AvgIpc) is 2.54. The fourth-order valence-corrected chi connectivity index (χ4v) is 5.03. The summed E-state index contributed by atoms with van der Waals surface area (Å²) in [6, 6.07) is 10.4. The highest BCUT2D eigenvalue weighted by Crippen LogP contribution is 2.12. The van der Waals surface area contributed by atoms with Crippen molar-refractivity contribution in [1.82, 2.24) is 9.80 Å². The summed E-state index contributed by atoms with van der Waals surface area (Å²) >= 11 is 0. The van der Waals surface area contributed by atoms with Gasteiger partial charge in [0.2, 0.25) is 0 Å². The zero-order valence-electron chi connectivity index (χ0n) is 15.2. The number of hydrogen-bond acceptors (Lipinski definition) is 2. The summed E-state index contributed by atoms with van der Waals surface area (Å²) in [6.45, 7) is 19.8. The normalized spacial score (nSPS) is 12.2. The van der Waals surface area contributed by atoms with E-state index in [1.54, 1.807) is 5.19 Å². The van der Waals surface area contributed by atoms with Gasteiger partial charge in [-0.3, -0.25) is 9.80 Å². The molecule has 124 valence electrons. The summed E-state index contributed by atoms with van der Waals surface area (Å²) in [5, 5.41) is 1.56. The van der Waals surface area contributed by atoms with E-state index in [2.05, 4.69) is 75.3 Å². The zero-order chi connectivity index (χ0) is 16.5. The van der Waals surface area contributed by atoms with Gasteiger partial charge in [-0.1, -0.05) is 69.3 Å². The molecule has 0 amide bonds. The third-order valence-corrected chi connectivity index (χ3v) is 6.46. The third-order valence-electron chi connectivity index (χ3n) is 4.61. The molecule has 0 aliphatic rings. The Hall–Kier alpha value is -0.903. The van der Waals surface area contributed by atoms with Crippen molar-refractivity contribution in [3.63, 3.8) is 0 Å². The van der Waals surface area contributed by atoms with Gasteiger partial charge < -0.3 is 0 Å². The Labute approximate surface area is 140 Å². The molecular formula is C19H34N2Si. The van der Waals surface area contributed by atoms with E-state index in [1.807, 2.05) is 0 Å². The second-order valence-electron chi connectivity index (χ2n) is 5.94. The van der Waals surface area contributed by atoms with Crippen LogP contribution in [-0.2, 0) is 0 Å². The number of nitrogens with zero attached hydrogens (tertiary/aromatic N) is 2. The van der Waals surface area contributed by atoms with Gasteiger partial charge in [0.05, 0.1) is 15.7 Å². The number of allylic oxidation sites excluding steroid dienone is 1. The first-order chi connectivity index (χ1) is 10.6. The summed E-state index contributed by atoms with van der Waals surface area (Å²) in [7, 11) is -0.235. The molecule has 0 radical (unpaired) electrons. The molecule has 1 rings (SSSR count). The molecule has 0 aromatic heterocycles. The van der Waals surface area contributed by atoms with E-state index in [9.17, 15) is 0 Å². The van der Waals surface area contributed by atoms with Gasteiger partial charge in [0.25, 0.3) is 0 Å². The van der Waals surface area contributed by atoms with Gasteiger partial charge in [-0.15, -0.1) is 0 Å². The molecule has 0 aliphatic heterocycles. The van der Waals surface area contributed by atoms with Crippen molar-refractivity contribution in [3.05, 3.63) is 36.4 Å². The standard InChI is InChI=1S/C19H34N2Si/c1-7-20(8-2)19(21(9-3)10-4)15-22-18-13-11-17(12-14-18)16(5)6/h11-14,19H,5,7-10,15,22H2,1-4,6H3. The van der Waals surface area contributed by atoms with Crippen molar-refractivity contribution in [2.24, 2.45) is 0 Å². The molecule has 0 N–H and O–H groups in total. The van der Waals surface area contributed by atoms with Crippen LogP contribution in [-0.4, -0.2) is 51.7 Å². The third kappa shape index (κ3) is 5.38. The lowest BCUT2D eigenvalue weighted by atomic mass is 10.1. The molecule has 0 bridgehead atoms. The largest absolute Gasteiger partial charge is 0.289 e. The van der Waals surface area contributed by atoms with Crippen LogP contribution in [0, 0.1) is 0 Å². The van der Waals surface area contributed by atoms with Crippen LogP contribution < -0.4 is 5.19 Å². The van der Waals surface area contributed by atoms with Gasteiger partial charge in [0.15, 0.2) is 0 Å². The Balaban J connectivity index is 2.75. The zero-order valence-corrected chi connectivity index (χ0v) is 16.6. The van der Waals surface area contributed by atoms with E-state index in [0.717, 1.165) is 31.8 Å². The van der Waals surface area contributed by atoms with E-state index in [0.29, 0.717) is 6.17 Å². The van der Waals surface area contributed by atoms with Gasteiger partial charge >= 0.3 is 0 Å².